The number of hydrogen-bond donors (Lipinski definition) is 1. The Morgan fingerprint density at radius 2 is 1.67 bits per heavy atom. The molecule has 8 nitrogen and oxygen atoms in total. The molecule has 210 valence electrons. The van der Waals surface area contributed by atoms with Crippen LogP contribution in [0.5, 0.6) is 0 Å². The fraction of sp³-hybridized carbons (Fsp3) is 0.517. The number of nitrogens with one attached hydrogen (secondary N) is 1. The molecule has 2 saturated heterocycles. The minimum absolute atomic E-state index is 0.0385. The van der Waals surface area contributed by atoms with Gasteiger partial charge in [-0.05, 0) is 55.4 Å². The Labute approximate surface area is 239 Å². The third-order valence-electron chi connectivity index (χ3n) is 8.22. The van der Waals surface area contributed by atoms with Crippen LogP contribution in [0.4, 0.5) is 5.69 Å². The smallest absolute Gasteiger partial charge is 0.245 e. The molecular formula is C29H37BrN4O4S. The van der Waals surface area contributed by atoms with E-state index in [2.05, 4.69) is 50.4 Å². The van der Waals surface area contributed by atoms with Crippen LogP contribution < -0.4 is 10.2 Å². The highest BCUT2D eigenvalue weighted by Crippen LogP contribution is 2.39. The van der Waals surface area contributed by atoms with E-state index in [9.17, 15) is 18.0 Å². The lowest BCUT2D eigenvalue weighted by molar-refractivity contribution is -0.127. The first-order chi connectivity index (χ1) is 18.8. The summed E-state index contributed by atoms with van der Waals surface area (Å²) in [6, 6.07) is 14.1. The number of piperidine rings is 2. The zero-order chi connectivity index (χ0) is 27.6. The molecule has 0 aromatic heterocycles. The van der Waals surface area contributed by atoms with Crippen molar-refractivity contribution in [2.75, 3.05) is 37.6 Å². The van der Waals surface area contributed by atoms with Gasteiger partial charge in [-0.2, -0.15) is 4.31 Å². The zero-order valence-electron chi connectivity index (χ0n) is 22.4. The van der Waals surface area contributed by atoms with Gasteiger partial charge in [-0.15, -0.1) is 0 Å². The number of rotatable bonds is 7. The number of hydrogen-bond acceptors (Lipinski definition) is 5. The Morgan fingerprint density at radius 3 is 2.33 bits per heavy atom. The van der Waals surface area contributed by atoms with Crippen molar-refractivity contribution < 1.29 is 18.0 Å². The van der Waals surface area contributed by atoms with E-state index in [1.807, 2.05) is 12.1 Å². The lowest BCUT2D eigenvalue weighted by Crippen LogP contribution is -2.48. The van der Waals surface area contributed by atoms with E-state index in [1.165, 1.54) is 9.87 Å². The maximum absolute atomic E-state index is 13.8. The SMILES string of the molecule is CCC(=O)N1CCc2cc(Br)cc(S(=O)(=O)N3CCC(C(=O)NC4CCN(Cc5ccccc5)CC4)CC3)c21. The summed E-state index contributed by atoms with van der Waals surface area (Å²) in [5.41, 5.74) is 2.69. The highest BCUT2D eigenvalue weighted by molar-refractivity contribution is 9.10. The van der Waals surface area contributed by atoms with Crippen LogP contribution >= 0.6 is 15.9 Å². The number of sulfonamides is 1. The summed E-state index contributed by atoms with van der Waals surface area (Å²) < 4.78 is 29.7. The molecule has 2 fully saturated rings. The van der Waals surface area contributed by atoms with E-state index in [1.54, 1.807) is 17.9 Å². The van der Waals surface area contributed by atoms with Crippen LogP contribution in [0.3, 0.4) is 0 Å². The Kier molecular flexibility index (Phi) is 8.75. The maximum Gasteiger partial charge on any atom is 0.245 e. The molecule has 0 saturated carbocycles. The average Bonchev–Trinajstić information content (AvgIpc) is 3.37. The number of likely N-dealkylation sites (tertiary alicyclic amines) is 1. The van der Waals surface area contributed by atoms with E-state index < -0.39 is 10.0 Å². The number of benzene rings is 2. The molecule has 0 atom stereocenters. The van der Waals surface area contributed by atoms with Crippen LogP contribution in [0.15, 0.2) is 51.8 Å². The molecule has 0 unspecified atom stereocenters. The van der Waals surface area contributed by atoms with Crippen molar-refractivity contribution in [2.24, 2.45) is 5.92 Å². The summed E-state index contributed by atoms with van der Waals surface area (Å²) in [6.07, 6.45) is 3.79. The Morgan fingerprint density at radius 1 is 0.974 bits per heavy atom. The van der Waals surface area contributed by atoms with Crippen molar-refractivity contribution in [3.8, 4) is 0 Å². The normalized spacial score (nSPS) is 19.7. The number of fused-ring (bicyclic) bond motifs is 1. The Hall–Kier alpha value is -2.27. The number of nitrogens with zero attached hydrogens (tertiary/aromatic N) is 3. The fourth-order valence-electron chi connectivity index (χ4n) is 6.00. The van der Waals surface area contributed by atoms with E-state index >= 15 is 0 Å². The lowest BCUT2D eigenvalue weighted by atomic mass is 9.95. The summed E-state index contributed by atoms with van der Waals surface area (Å²) in [5.74, 6) is -0.226. The molecule has 10 heteroatoms. The van der Waals surface area contributed by atoms with Crippen molar-refractivity contribution in [1.29, 1.82) is 0 Å². The fourth-order valence-corrected chi connectivity index (χ4v) is 8.39. The summed E-state index contributed by atoms with van der Waals surface area (Å²) in [6.45, 7) is 5.69. The molecule has 0 radical (unpaired) electrons. The number of carbonyl (C=O) groups excluding carboxylic acids is 2. The molecule has 0 bridgehead atoms. The number of amides is 2. The van der Waals surface area contributed by atoms with Crippen LogP contribution in [-0.4, -0.2) is 68.2 Å². The third kappa shape index (κ3) is 6.24. The van der Waals surface area contributed by atoms with Crippen molar-refractivity contribution in [3.05, 3.63) is 58.1 Å². The van der Waals surface area contributed by atoms with Gasteiger partial charge in [0.2, 0.25) is 21.8 Å². The molecule has 2 aromatic carbocycles. The van der Waals surface area contributed by atoms with Crippen molar-refractivity contribution in [1.82, 2.24) is 14.5 Å². The van der Waals surface area contributed by atoms with Gasteiger partial charge in [0.05, 0.1) is 5.69 Å². The van der Waals surface area contributed by atoms with E-state index in [0.29, 0.717) is 55.5 Å². The molecule has 0 spiro atoms. The minimum atomic E-state index is -3.82. The predicted octanol–water partition coefficient (Wildman–Crippen LogP) is 3.93. The summed E-state index contributed by atoms with van der Waals surface area (Å²) in [4.78, 5) is 29.8. The molecule has 2 aromatic rings. The summed E-state index contributed by atoms with van der Waals surface area (Å²) >= 11 is 3.46. The number of anilines is 1. The lowest BCUT2D eigenvalue weighted by Gasteiger charge is -2.35. The second-order valence-electron chi connectivity index (χ2n) is 10.8. The Bertz CT molecular complexity index is 1300. The van der Waals surface area contributed by atoms with Crippen molar-refractivity contribution >= 4 is 43.5 Å². The highest BCUT2D eigenvalue weighted by Gasteiger charge is 2.38. The van der Waals surface area contributed by atoms with Crippen LogP contribution in [0.1, 0.15) is 50.2 Å². The van der Waals surface area contributed by atoms with Gasteiger partial charge in [0.15, 0.2) is 0 Å². The van der Waals surface area contributed by atoms with Crippen molar-refractivity contribution in [3.63, 3.8) is 0 Å². The van der Waals surface area contributed by atoms with Crippen molar-refractivity contribution in [2.45, 2.75) is 62.9 Å². The number of halogens is 1. The first kappa shape index (κ1) is 28.3. The second kappa shape index (κ2) is 12.1. The number of carbonyl (C=O) groups is 2. The largest absolute Gasteiger partial charge is 0.353 e. The molecular weight excluding hydrogens is 580 g/mol. The van der Waals surface area contributed by atoms with E-state index in [0.717, 1.165) is 38.0 Å². The Balaban J connectivity index is 1.16. The molecule has 39 heavy (non-hydrogen) atoms. The molecule has 2 amide bonds. The molecule has 3 aliphatic rings. The average molecular weight is 618 g/mol. The first-order valence-corrected chi connectivity index (χ1v) is 16.2. The van der Waals surface area contributed by atoms with Gasteiger partial charge in [-0.1, -0.05) is 53.2 Å². The quantitative estimate of drug-likeness (QED) is 0.509. The summed E-state index contributed by atoms with van der Waals surface area (Å²) in [7, 11) is -3.82. The molecule has 3 aliphatic heterocycles. The van der Waals surface area contributed by atoms with Crippen LogP contribution in [0.2, 0.25) is 0 Å². The zero-order valence-corrected chi connectivity index (χ0v) is 24.8. The van der Waals surface area contributed by atoms with Gasteiger partial charge in [0.1, 0.15) is 4.90 Å². The minimum Gasteiger partial charge on any atom is -0.353 e. The van der Waals surface area contributed by atoms with Gasteiger partial charge in [0.25, 0.3) is 0 Å². The second-order valence-corrected chi connectivity index (χ2v) is 13.6. The third-order valence-corrected chi connectivity index (χ3v) is 10.6. The van der Waals surface area contributed by atoms with Gasteiger partial charge in [0, 0.05) is 62.1 Å². The van der Waals surface area contributed by atoms with E-state index in [4.69, 9.17) is 0 Å². The van der Waals surface area contributed by atoms with Gasteiger partial charge >= 0.3 is 0 Å². The molecule has 3 heterocycles. The summed E-state index contributed by atoms with van der Waals surface area (Å²) in [5, 5.41) is 3.24. The standard InChI is InChI=1S/C29H37BrN4O4S/c1-2-27(35)34-17-10-23-18-24(30)19-26(28(23)34)39(37,38)33-15-8-22(9-16-33)29(36)31-25-11-13-32(14-12-25)20-21-6-4-3-5-7-21/h3-7,18-19,22,25H,2,8-17,20H2,1H3,(H,31,36). The van der Waals surface area contributed by atoms with Gasteiger partial charge in [-0.3, -0.25) is 14.5 Å². The van der Waals surface area contributed by atoms with Gasteiger partial charge in [-0.25, -0.2) is 8.42 Å². The maximum atomic E-state index is 13.8. The molecule has 1 N–H and O–H groups in total. The van der Waals surface area contributed by atoms with Gasteiger partial charge < -0.3 is 10.2 Å². The van der Waals surface area contributed by atoms with E-state index in [-0.39, 0.29) is 28.7 Å². The molecule has 0 aliphatic carbocycles. The molecule has 5 rings (SSSR count). The monoisotopic (exact) mass is 616 g/mol. The topological polar surface area (TPSA) is 90.0 Å². The highest BCUT2D eigenvalue weighted by atomic mass is 79.9. The van der Waals surface area contributed by atoms with Crippen LogP contribution in [0, 0.1) is 5.92 Å². The predicted molar refractivity (Wildman–Crippen MR) is 155 cm³/mol. The first-order valence-electron chi connectivity index (χ1n) is 14.0. The van der Waals surface area contributed by atoms with Crippen LogP contribution in [0.25, 0.3) is 0 Å². The van der Waals surface area contributed by atoms with Crippen LogP contribution in [-0.2, 0) is 32.6 Å².